The molecule has 0 atom stereocenters. The molecule has 0 saturated carbocycles. The predicted molar refractivity (Wildman–Crippen MR) is 421 cm³/mol. The number of ether oxygens (including phenoxy) is 4. The molecule has 0 N–H and O–H groups in total. The second-order valence-corrected chi connectivity index (χ2v) is 27.0. The Balaban J connectivity index is 0.590. The number of fused-ring (bicyclic) bond motifs is 3. The van der Waals surface area contributed by atoms with E-state index in [2.05, 4.69) is 159 Å². The van der Waals surface area contributed by atoms with E-state index in [0.29, 0.717) is 32.8 Å². The van der Waals surface area contributed by atoms with Crippen molar-refractivity contribution in [2.45, 2.75) is 64.7 Å². The molecule has 25 rings (SSSR count). The first-order chi connectivity index (χ1) is 52.3. The van der Waals surface area contributed by atoms with E-state index in [9.17, 15) is 0 Å². The number of pyridine rings is 10. The molecule has 6 aromatic carbocycles. The number of rotatable bonds is 14. The van der Waals surface area contributed by atoms with Crippen LogP contribution in [0, 0.1) is 6.92 Å². The largest absolute Gasteiger partial charge is 0.494 e. The van der Waals surface area contributed by atoms with Gasteiger partial charge in [-0.15, -0.1) is 0 Å². The highest BCUT2D eigenvalue weighted by Crippen LogP contribution is 2.38. The summed E-state index contributed by atoms with van der Waals surface area (Å²) in [6.07, 6.45) is 15.1. The van der Waals surface area contributed by atoms with Gasteiger partial charge < -0.3 is 18.9 Å². The highest BCUT2D eigenvalue weighted by Gasteiger charge is 2.18. The van der Waals surface area contributed by atoms with Crippen molar-refractivity contribution in [2.24, 2.45) is 0 Å². The number of nitrogens with zero attached hydrogens (tertiary/aromatic N) is 10. The van der Waals surface area contributed by atoms with Gasteiger partial charge in [-0.2, -0.15) is 0 Å². The molecule has 10 aromatic heterocycles. The molecule has 0 spiro atoms. The topological polar surface area (TPSA) is 166 Å². The summed E-state index contributed by atoms with van der Waals surface area (Å²) in [6, 6.07) is 85.0. The van der Waals surface area contributed by atoms with E-state index in [-0.39, 0.29) is 0 Å². The van der Waals surface area contributed by atoms with Crippen LogP contribution >= 0.6 is 0 Å². The molecule has 9 aliphatic heterocycles. The first-order valence-corrected chi connectivity index (χ1v) is 36.4. The Labute approximate surface area is 615 Å². The van der Waals surface area contributed by atoms with Gasteiger partial charge in [0.05, 0.1) is 111 Å². The van der Waals surface area contributed by atoms with Crippen molar-refractivity contribution in [1.29, 1.82) is 0 Å². The third-order valence-electron chi connectivity index (χ3n) is 19.5. The summed E-state index contributed by atoms with van der Waals surface area (Å²) in [6.45, 7) is 4.35. The van der Waals surface area contributed by atoms with Gasteiger partial charge in [0.15, 0.2) is 0 Å². The lowest BCUT2D eigenvalue weighted by Gasteiger charge is -2.15. The van der Waals surface area contributed by atoms with Crippen molar-refractivity contribution in [3.63, 3.8) is 0 Å². The second kappa shape index (κ2) is 30.6. The maximum absolute atomic E-state index is 6.81. The third-order valence-corrected chi connectivity index (χ3v) is 19.5. The van der Waals surface area contributed by atoms with Crippen molar-refractivity contribution in [1.82, 2.24) is 49.8 Å². The Morgan fingerprint density at radius 1 is 0.340 bits per heavy atom. The predicted octanol–water partition coefficient (Wildman–Crippen LogP) is 20.2. The van der Waals surface area contributed by atoms with Crippen LogP contribution in [0.5, 0.6) is 23.0 Å². The molecule has 0 saturated heterocycles. The Bertz CT molecular complexity index is 5810. The van der Waals surface area contributed by atoms with Crippen molar-refractivity contribution >= 4 is 43.6 Å². The maximum Gasteiger partial charge on any atom is 0.128 e. The second-order valence-electron chi connectivity index (χ2n) is 27.0. The minimum Gasteiger partial charge on any atom is -0.494 e. The quantitative estimate of drug-likeness (QED) is 0.0745. The standard InChI is InChI=1S/C92H74N10O4/c1-60-16-36-73(37-17-60)103-50-4-8-62-20-42-80(93-56-62)84-12-2-13-85(98-84)82-44-22-64(58-95-82)10-6-52-105-75-40-29-66(30-41-75)77-46-31-69-26-27-70-33-48-79(102-92(70)91(69)100-77)76-55-71-34-49-88(76)106-53-7-11-65-23-45-83(96-59-65)87-15-3-14-86(99-87)81-43-21-63(57-94-81)9-5-51-104-74-38-18-61(19-39-74)54-72-35-28-67-24-25-68-32-47-78(71)101-90(68)89(67)97-72/h2-3,12-49,55-59H,4-11,50-54H2,1H3. The average molecular weight is 1380 g/mol. The monoisotopic (exact) mass is 1380 g/mol. The minimum atomic E-state index is 0.465. The van der Waals surface area contributed by atoms with Gasteiger partial charge in [-0.25, -0.2) is 24.9 Å². The minimum absolute atomic E-state index is 0.465. The fraction of sp³-hybridized carbons (Fsp3) is 0.152. The molecule has 14 bridgehead atoms. The van der Waals surface area contributed by atoms with E-state index in [0.717, 1.165) is 225 Å². The number of hydrogen-bond donors (Lipinski definition) is 0. The van der Waals surface area contributed by atoms with E-state index in [1.54, 1.807) is 0 Å². The summed E-state index contributed by atoms with van der Waals surface area (Å²) in [5, 5.41) is 4.01. The van der Waals surface area contributed by atoms with E-state index >= 15 is 0 Å². The van der Waals surface area contributed by atoms with E-state index in [1.807, 2.05) is 122 Å². The molecule has 14 heteroatoms. The first kappa shape index (κ1) is 66.3. The Hall–Kier alpha value is -12.9. The Morgan fingerprint density at radius 2 is 0.774 bits per heavy atom. The van der Waals surface area contributed by atoms with Crippen LogP contribution in [0.1, 0.15) is 64.8 Å². The maximum atomic E-state index is 6.81. The molecule has 16 aromatic rings. The van der Waals surface area contributed by atoms with E-state index in [4.69, 9.17) is 68.8 Å². The number of benzene rings is 6. The molecule has 0 unspecified atom stereocenters. The average Bonchev–Trinajstić information content (AvgIpc) is 0.767. The van der Waals surface area contributed by atoms with Gasteiger partial charge in [0, 0.05) is 75.1 Å². The molecule has 0 amide bonds. The zero-order valence-corrected chi connectivity index (χ0v) is 58.8. The van der Waals surface area contributed by atoms with Gasteiger partial charge in [-0.1, -0.05) is 115 Å². The fourth-order valence-corrected chi connectivity index (χ4v) is 13.6. The highest BCUT2D eigenvalue weighted by molar-refractivity contribution is 6.05. The summed E-state index contributed by atoms with van der Waals surface area (Å²) < 4.78 is 25.3. The van der Waals surface area contributed by atoms with Crippen LogP contribution in [-0.2, 0) is 32.1 Å². The van der Waals surface area contributed by atoms with Crippen molar-refractivity contribution in [3.8, 4) is 102 Å². The number of aryl methyl sites for hydroxylation is 5. The molecule has 19 heterocycles. The van der Waals surface area contributed by atoms with E-state index in [1.165, 1.54) is 11.1 Å². The number of hydrogen-bond acceptors (Lipinski definition) is 14. The van der Waals surface area contributed by atoms with Crippen molar-refractivity contribution in [2.75, 3.05) is 26.4 Å². The third kappa shape index (κ3) is 15.3. The van der Waals surface area contributed by atoms with Crippen LogP contribution in [0.25, 0.3) is 123 Å². The molecule has 0 radical (unpaired) electrons. The SMILES string of the molecule is Cc1ccc(OCCCc2ccc(-c3cccc(-c4ccc(CCCOc5ccc(-c6ccc7ccc8ccc(-c9cc%10ccc9OCCCc9ccc(nc9)-c9cccc(n9)-c9ccc(cn9)CCCOc9ccc(cc9)Cc9ccc%11ccc%12ccc-%10nc%12c%11n9)nc8c7n6)cc5)cn4)n3)nc2)cc1. The molecule has 9 aliphatic rings. The van der Waals surface area contributed by atoms with Crippen LogP contribution in [-0.4, -0.2) is 76.3 Å². The Kier molecular flexibility index (Phi) is 19.1. The molecule has 106 heavy (non-hydrogen) atoms. The smallest absolute Gasteiger partial charge is 0.128 e. The Morgan fingerprint density at radius 3 is 1.29 bits per heavy atom. The van der Waals surface area contributed by atoms with Gasteiger partial charge in [0.1, 0.15) is 23.0 Å². The molecule has 0 aliphatic carbocycles. The molecule has 516 valence electrons. The van der Waals surface area contributed by atoms with E-state index < -0.39 is 0 Å². The van der Waals surface area contributed by atoms with Gasteiger partial charge in [-0.05, 0) is 226 Å². The van der Waals surface area contributed by atoms with Crippen LogP contribution in [0.3, 0.4) is 0 Å². The van der Waals surface area contributed by atoms with Crippen LogP contribution in [0.4, 0.5) is 0 Å². The first-order valence-electron chi connectivity index (χ1n) is 36.4. The summed E-state index contributed by atoms with van der Waals surface area (Å²) in [5.74, 6) is 3.25. The summed E-state index contributed by atoms with van der Waals surface area (Å²) >= 11 is 0. The summed E-state index contributed by atoms with van der Waals surface area (Å²) in [7, 11) is 0. The lowest BCUT2D eigenvalue weighted by molar-refractivity contribution is 0.311. The zero-order chi connectivity index (χ0) is 71.0. The highest BCUT2D eigenvalue weighted by atomic mass is 16.5. The van der Waals surface area contributed by atoms with Crippen molar-refractivity contribution in [3.05, 3.63) is 313 Å². The van der Waals surface area contributed by atoms with Crippen LogP contribution < -0.4 is 18.9 Å². The van der Waals surface area contributed by atoms with Gasteiger partial charge in [-0.3, -0.25) is 24.9 Å². The molecule has 0 fully saturated rings. The fourth-order valence-electron chi connectivity index (χ4n) is 13.6. The molecule has 14 nitrogen and oxygen atoms in total. The van der Waals surface area contributed by atoms with Gasteiger partial charge >= 0.3 is 0 Å². The van der Waals surface area contributed by atoms with Gasteiger partial charge in [0.25, 0.3) is 0 Å². The van der Waals surface area contributed by atoms with Gasteiger partial charge in [0.2, 0.25) is 0 Å². The lowest BCUT2D eigenvalue weighted by Crippen LogP contribution is -2.02. The lowest BCUT2D eigenvalue weighted by atomic mass is 10.0. The summed E-state index contributed by atoms with van der Waals surface area (Å²) in [5.41, 5.74) is 22.8. The van der Waals surface area contributed by atoms with Crippen LogP contribution in [0.15, 0.2) is 274 Å². The summed E-state index contributed by atoms with van der Waals surface area (Å²) in [4.78, 5) is 50.7. The number of aromatic nitrogens is 10. The van der Waals surface area contributed by atoms with Crippen LogP contribution in [0.2, 0.25) is 0 Å². The zero-order valence-electron chi connectivity index (χ0n) is 58.8. The van der Waals surface area contributed by atoms with Crippen molar-refractivity contribution < 1.29 is 18.9 Å². The molecular formula is C92H74N10O4. The normalized spacial score (nSPS) is 12.5. The molecular weight excluding hydrogens is 1310 g/mol.